The highest BCUT2D eigenvalue weighted by atomic mass is 16.2. The number of ketones is 1. The second kappa shape index (κ2) is 8.66. The van der Waals surface area contributed by atoms with Gasteiger partial charge in [0.05, 0.1) is 0 Å². The summed E-state index contributed by atoms with van der Waals surface area (Å²) in [7, 11) is 0. The lowest BCUT2D eigenvalue weighted by atomic mass is 10.0. The molecule has 27 heavy (non-hydrogen) atoms. The summed E-state index contributed by atoms with van der Waals surface area (Å²) in [4.78, 5) is 39.3. The van der Waals surface area contributed by atoms with Gasteiger partial charge in [0.15, 0.2) is 5.78 Å². The van der Waals surface area contributed by atoms with Gasteiger partial charge in [-0.2, -0.15) is 0 Å². The number of hydrogen-bond donors (Lipinski definition) is 3. The quantitative estimate of drug-likeness (QED) is 0.635. The first-order chi connectivity index (χ1) is 12.7. The van der Waals surface area contributed by atoms with Gasteiger partial charge >= 0.3 is 0 Å². The molecule has 2 amide bonds. The highest BCUT2D eigenvalue weighted by Gasteiger charge is 2.21. The van der Waals surface area contributed by atoms with E-state index in [9.17, 15) is 14.4 Å². The molecule has 2 aromatic rings. The van der Waals surface area contributed by atoms with Crippen molar-refractivity contribution in [2.45, 2.75) is 47.5 Å². The van der Waals surface area contributed by atoms with Crippen molar-refractivity contribution < 1.29 is 14.4 Å². The largest absolute Gasteiger partial charge is 0.354 e. The number of aromatic amines is 1. The van der Waals surface area contributed by atoms with Crippen LogP contribution in [-0.4, -0.2) is 22.6 Å². The Morgan fingerprint density at radius 1 is 1.04 bits per heavy atom. The topological polar surface area (TPSA) is 91.1 Å². The molecule has 3 N–H and O–H groups in total. The molecule has 2 rings (SSSR count). The SMILES string of the molecule is CCc1c(C(=O)Nc2ccc(NC(=O)CC(C)C)cc2)[nH]c(C)c1C(C)=O. The van der Waals surface area contributed by atoms with E-state index in [-0.39, 0.29) is 17.6 Å². The van der Waals surface area contributed by atoms with E-state index in [2.05, 4.69) is 15.6 Å². The number of nitrogens with one attached hydrogen (secondary N) is 3. The van der Waals surface area contributed by atoms with Crippen molar-refractivity contribution in [2.24, 2.45) is 5.92 Å². The summed E-state index contributed by atoms with van der Waals surface area (Å²) in [6, 6.07) is 6.96. The van der Waals surface area contributed by atoms with E-state index in [1.165, 1.54) is 6.92 Å². The molecule has 0 aliphatic carbocycles. The molecule has 0 aliphatic heterocycles. The van der Waals surface area contributed by atoms with Gasteiger partial charge in [0.25, 0.3) is 5.91 Å². The predicted molar refractivity (Wildman–Crippen MR) is 107 cm³/mol. The normalized spacial score (nSPS) is 10.7. The van der Waals surface area contributed by atoms with Crippen molar-refractivity contribution in [2.75, 3.05) is 10.6 Å². The van der Waals surface area contributed by atoms with Crippen molar-refractivity contribution >= 4 is 29.0 Å². The third-order valence-corrected chi connectivity index (χ3v) is 4.24. The van der Waals surface area contributed by atoms with E-state index in [4.69, 9.17) is 0 Å². The number of amides is 2. The van der Waals surface area contributed by atoms with E-state index in [0.29, 0.717) is 47.1 Å². The molecular formula is C21H27N3O3. The number of anilines is 2. The van der Waals surface area contributed by atoms with Gasteiger partial charge < -0.3 is 15.6 Å². The van der Waals surface area contributed by atoms with Crippen LogP contribution in [0.1, 0.15) is 66.2 Å². The number of aryl methyl sites for hydroxylation is 1. The van der Waals surface area contributed by atoms with E-state index in [1.54, 1.807) is 31.2 Å². The molecule has 0 aliphatic rings. The fraction of sp³-hybridized carbons (Fsp3) is 0.381. The number of carbonyl (C=O) groups excluding carboxylic acids is 3. The minimum Gasteiger partial charge on any atom is -0.354 e. The van der Waals surface area contributed by atoms with Crippen molar-refractivity contribution in [3.63, 3.8) is 0 Å². The summed E-state index contributed by atoms with van der Waals surface area (Å²) in [6.45, 7) is 9.19. The fourth-order valence-electron chi connectivity index (χ4n) is 3.11. The van der Waals surface area contributed by atoms with Crippen LogP contribution in [-0.2, 0) is 11.2 Å². The zero-order valence-corrected chi connectivity index (χ0v) is 16.5. The fourth-order valence-corrected chi connectivity index (χ4v) is 3.11. The Hall–Kier alpha value is -2.89. The van der Waals surface area contributed by atoms with Gasteiger partial charge in [0.2, 0.25) is 5.91 Å². The van der Waals surface area contributed by atoms with Crippen LogP contribution in [0.5, 0.6) is 0 Å². The summed E-state index contributed by atoms with van der Waals surface area (Å²) in [5, 5.41) is 5.66. The molecule has 0 spiro atoms. The number of aromatic nitrogens is 1. The van der Waals surface area contributed by atoms with Gasteiger partial charge in [-0.15, -0.1) is 0 Å². The molecule has 0 unspecified atom stereocenters. The van der Waals surface area contributed by atoms with Crippen LogP contribution >= 0.6 is 0 Å². The Morgan fingerprint density at radius 3 is 2.07 bits per heavy atom. The molecule has 1 aromatic heterocycles. The predicted octanol–water partition coefficient (Wildman–Crippen LogP) is 4.33. The number of benzene rings is 1. The van der Waals surface area contributed by atoms with E-state index in [1.807, 2.05) is 20.8 Å². The average molecular weight is 369 g/mol. The van der Waals surface area contributed by atoms with Crippen molar-refractivity contribution in [1.82, 2.24) is 4.98 Å². The zero-order chi connectivity index (χ0) is 20.1. The monoisotopic (exact) mass is 369 g/mol. The number of carbonyl (C=O) groups is 3. The summed E-state index contributed by atoms with van der Waals surface area (Å²) in [6.07, 6.45) is 1.05. The van der Waals surface area contributed by atoms with Gasteiger partial charge in [0, 0.05) is 29.1 Å². The zero-order valence-electron chi connectivity index (χ0n) is 16.5. The second-order valence-electron chi connectivity index (χ2n) is 7.07. The summed E-state index contributed by atoms with van der Waals surface area (Å²) < 4.78 is 0. The number of rotatable bonds is 7. The van der Waals surface area contributed by atoms with E-state index < -0.39 is 0 Å². The van der Waals surface area contributed by atoms with Gasteiger partial charge in [-0.1, -0.05) is 20.8 Å². The van der Waals surface area contributed by atoms with Crippen LogP contribution in [0, 0.1) is 12.8 Å². The van der Waals surface area contributed by atoms with Crippen molar-refractivity contribution in [3.05, 3.63) is 46.8 Å². The van der Waals surface area contributed by atoms with Crippen LogP contribution in [0.2, 0.25) is 0 Å². The standard InChI is InChI=1S/C21H27N3O3/c1-6-17-19(14(5)25)13(4)22-20(17)21(27)24-16-9-7-15(8-10-16)23-18(26)11-12(2)3/h7-10,12,22H,6,11H2,1-5H3,(H,23,26)(H,24,27). The first-order valence-electron chi connectivity index (χ1n) is 9.16. The second-order valence-corrected chi connectivity index (χ2v) is 7.07. The lowest BCUT2D eigenvalue weighted by molar-refractivity contribution is -0.116. The maximum absolute atomic E-state index is 12.6. The average Bonchev–Trinajstić information content (AvgIpc) is 2.92. The van der Waals surface area contributed by atoms with Gasteiger partial charge in [-0.3, -0.25) is 14.4 Å². The molecule has 0 radical (unpaired) electrons. The van der Waals surface area contributed by atoms with Crippen LogP contribution < -0.4 is 10.6 Å². The Morgan fingerprint density at radius 2 is 1.59 bits per heavy atom. The maximum atomic E-state index is 12.6. The molecule has 0 saturated heterocycles. The highest BCUT2D eigenvalue weighted by Crippen LogP contribution is 2.22. The lowest BCUT2D eigenvalue weighted by Gasteiger charge is -2.09. The summed E-state index contributed by atoms with van der Waals surface area (Å²) in [5.74, 6) is -0.0892. The van der Waals surface area contributed by atoms with Gasteiger partial charge in [0.1, 0.15) is 5.69 Å². The minimum atomic E-state index is -0.293. The Balaban J connectivity index is 2.12. The molecule has 144 valence electrons. The van der Waals surface area contributed by atoms with Crippen molar-refractivity contribution in [3.8, 4) is 0 Å². The molecule has 0 bridgehead atoms. The van der Waals surface area contributed by atoms with Gasteiger partial charge in [-0.25, -0.2) is 0 Å². The minimum absolute atomic E-state index is 0.0343. The Kier molecular flexibility index (Phi) is 6.55. The molecular weight excluding hydrogens is 342 g/mol. The summed E-state index contributed by atoms with van der Waals surface area (Å²) in [5.41, 5.74) is 3.73. The molecule has 1 heterocycles. The van der Waals surface area contributed by atoms with Crippen LogP contribution in [0.25, 0.3) is 0 Å². The third kappa shape index (κ3) is 5.06. The molecule has 0 saturated carbocycles. The number of H-pyrrole nitrogens is 1. The highest BCUT2D eigenvalue weighted by molar-refractivity contribution is 6.07. The molecule has 1 aromatic carbocycles. The summed E-state index contributed by atoms with van der Waals surface area (Å²) >= 11 is 0. The third-order valence-electron chi connectivity index (χ3n) is 4.24. The van der Waals surface area contributed by atoms with Crippen LogP contribution in [0.15, 0.2) is 24.3 Å². The van der Waals surface area contributed by atoms with Gasteiger partial charge in [-0.05, 0) is 56.0 Å². The van der Waals surface area contributed by atoms with E-state index in [0.717, 1.165) is 5.56 Å². The van der Waals surface area contributed by atoms with Crippen LogP contribution in [0.4, 0.5) is 11.4 Å². The number of Topliss-reactive ketones (excluding diaryl/α,β-unsaturated/α-hetero) is 1. The molecule has 6 heteroatoms. The maximum Gasteiger partial charge on any atom is 0.272 e. The van der Waals surface area contributed by atoms with Crippen molar-refractivity contribution in [1.29, 1.82) is 0 Å². The first kappa shape index (κ1) is 20.4. The molecule has 0 fully saturated rings. The lowest BCUT2D eigenvalue weighted by Crippen LogP contribution is -2.15. The first-order valence-corrected chi connectivity index (χ1v) is 9.16. The Labute approximate surface area is 159 Å². The van der Waals surface area contributed by atoms with Crippen LogP contribution in [0.3, 0.4) is 0 Å². The smallest absolute Gasteiger partial charge is 0.272 e. The number of hydrogen-bond acceptors (Lipinski definition) is 3. The van der Waals surface area contributed by atoms with E-state index >= 15 is 0 Å². The molecule has 6 nitrogen and oxygen atoms in total. The Bertz CT molecular complexity index is 848. The molecule has 0 atom stereocenters.